The Bertz CT molecular complexity index is 1060. The average Bonchev–Trinajstić information content (AvgIpc) is 3.47. The van der Waals surface area contributed by atoms with Gasteiger partial charge in [-0.05, 0) is 81.9 Å². The van der Waals surface area contributed by atoms with Gasteiger partial charge in [0.05, 0.1) is 5.69 Å². The highest BCUT2D eigenvalue weighted by atomic mass is 16.2. The number of anilines is 1. The van der Waals surface area contributed by atoms with Crippen LogP contribution in [0.3, 0.4) is 0 Å². The van der Waals surface area contributed by atoms with Crippen LogP contribution in [0.2, 0.25) is 0 Å². The van der Waals surface area contributed by atoms with E-state index >= 15 is 0 Å². The van der Waals surface area contributed by atoms with Gasteiger partial charge in [0.15, 0.2) is 5.69 Å². The standard InChI is InChI=1S/C25H28N4O/c1-18-10-12-21(13-11-18)29-23-9-5-8-22(23)24(27-29)25(30)26-20-7-4-6-19(16-20)17-28-14-2-3-15-28/h4,6-7,10-13,16H,2-3,5,8-9,14-15,17H2,1H3,(H,26,30). The fourth-order valence-electron chi connectivity index (χ4n) is 4.66. The van der Waals surface area contributed by atoms with Gasteiger partial charge in [-0.3, -0.25) is 9.69 Å². The third-order valence-electron chi connectivity index (χ3n) is 6.21. The Hall–Kier alpha value is -2.92. The number of hydrogen-bond acceptors (Lipinski definition) is 3. The molecule has 30 heavy (non-hydrogen) atoms. The number of rotatable bonds is 5. The number of aryl methyl sites for hydroxylation is 1. The van der Waals surface area contributed by atoms with Crippen LogP contribution in [0.15, 0.2) is 48.5 Å². The van der Waals surface area contributed by atoms with Gasteiger partial charge in [0.2, 0.25) is 0 Å². The summed E-state index contributed by atoms with van der Waals surface area (Å²) in [4.78, 5) is 15.6. The van der Waals surface area contributed by atoms with Gasteiger partial charge in [-0.1, -0.05) is 29.8 Å². The highest BCUT2D eigenvalue weighted by Gasteiger charge is 2.27. The molecule has 0 unspecified atom stereocenters. The maximum absolute atomic E-state index is 13.1. The molecule has 1 aliphatic carbocycles. The van der Waals surface area contributed by atoms with Gasteiger partial charge in [-0.2, -0.15) is 5.10 Å². The van der Waals surface area contributed by atoms with Gasteiger partial charge < -0.3 is 5.32 Å². The van der Waals surface area contributed by atoms with E-state index in [0.717, 1.165) is 42.7 Å². The Morgan fingerprint density at radius 1 is 1.03 bits per heavy atom. The molecule has 5 nitrogen and oxygen atoms in total. The van der Waals surface area contributed by atoms with Gasteiger partial charge in [0.1, 0.15) is 0 Å². The Kier molecular flexibility index (Phi) is 5.13. The number of benzene rings is 2. The zero-order valence-corrected chi connectivity index (χ0v) is 17.5. The minimum absolute atomic E-state index is 0.114. The van der Waals surface area contributed by atoms with E-state index in [1.165, 1.54) is 42.8 Å². The molecule has 1 saturated heterocycles. The molecule has 0 bridgehead atoms. The second-order valence-corrected chi connectivity index (χ2v) is 8.51. The summed E-state index contributed by atoms with van der Waals surface area (Å²) in [6.07, 6.45) is 5.52. The minimum atomic E-state index is -0.114. The molecule has 1 N–H and O–H groups in total. The molecular formula is C25H28N4O. The number of aromatic nitrogens is 2. The summed E-state index contributed by atoms with van der Waals surface area (Å²) >= 11 is 0. The van der Waals surface area contributed by atoms with E-state index in [1.54, 1.807) is 0 Å². The topological polar surface area (TPSA) is 50.2 Å². The van der Waals surface area contributed by atoms with Gasteiger partial charge in [-0.25, -0.2) is 4.68 Å². The van der Waals surface area contributed by atoms with Crippen molar-refractivity contribution in [3.8, 4) is 5.69 Å². The van der Waals surface area contributed by atoms with Crippen LogP contribution in [-0.4, -0.2) is 33.7 Å². The van der Waals surface area contributed by atoms with Crippen LogP contribution in [-0.2, 0) is 19.4 Å². The molecule has 0 radical (unpaired) electrons. The van der Waals surface area contributed by atoms with Crippen LogP contribution in [0.5, 0.6) is 0 Å². The molecular weight excluding hydrogens is 372 g/mol. The van der Waals surface area contributed by atoms with Crippen LogP contribution in [0, 0.1) is 6.92 Å². The Balaban J connectivity index is 1.38. The monoisotopic (exact) mass is 400 g/mol. The third kappa shape index (κ3) is 3.77. The number of fused-ring (bicyclic) bond motifs is 1. The van der Waals surface area contributed by atoms with Crippen LogP contribution >= 0.6 is 0 Å². The summed E-state index contributed by atoms with van der Waals surface area (Å²) in [6, 6.07) is 16.5. The predicted molar refractivity (Wildman–Crippen MR) is 119 cm³/mol. The highest BCUT2D eigenvalue weighted by Crippen LogP contribution is 2.28. The van der Waals surface area contributed by atoms with Gasteiger partial charge in [-0.15, -0.1) is 0 Å². The lowest BCUT2D eigenvalue weighted by Gasteiger charge is -2.15. The molecule has 2 aromatic carbocycles. The molecule has 154 valence electrons. The lowest BCUT2D eigenvalue weighted by atomic mass is 10.1. The van der Waals surface area contributed by atoms with E-state index in [4.69, 9.17) is 5.10 Å². The SMILES string of the molecule is Cc1ccc(-n2nc(C(=O)Nc3cccc(CN4CCCC4)c3)c3c2CCC3)cc1. The van der Waals surface area contributed by atoms with Crippen molar-refractivity contribution in [2.75, 3.05) is 18.4 Å². The van der Waals surface area contributed by atoms with E-state index < -0.39 is 0 Å². The molecule has 1 aliphatic heterocycles. The van der Waals surface area contributed by atoms with E-state index in [0.29, 0.717) is 5.69 Å². The molecule has 2 aliphatic rings. The molecule has 1 aromatic heterocycles. The molecule has 2 heterocycles. The minimum Gasteiger partial charge on any atom is -0.321 e. The van der Waals surface area contributed by atoms with Gasteiger partial charge in [0.25, 0.3) is 5.91 Å². The first-order valence-electron chi connectivity index (χ1n) is 11.0. The summed E-state index contributed by atoms with van der Waals surface area (Å²) in [7, 11) is 0. The van der Waals surface area contributed by atoms with Crippen molar-refractivity contribution in [1.82, 2.24) is 14.7 Å². The van der Waals surface area contributed by atoms with Crippen LogP contribution < -0.4 is 5.32 Å². The largest absolute Gasteiger partial charge is 0.321 e. The first kappa shape index (κ1) is 19.1. The summed E-state index contributed by atoms with van der Waals surface area (Å²) in [5.41, 5.74) is 7.15. The van der Waals surface area contributed by atoms with Crippen LogP contribution in [0.4, 0.5) is 5.69 Å². The Morgan fingerprint density at radius 3 is 2.63 bits per heavy atom. The smallest absolute Gasteiger partial charge is 0.276 e. The molecule has 5 heteroatoms. The summed E-state index contributed by atoms with van der Waals surface area (Å²) in [6.45, 7) is 5.35. The van der Waals surface area contributed by atoms with E-state index in [9.17, 15) is 4.79 Å². The molecule has 3 aromatic rings. The molecule has 0 spiro atoms. The zero-order chi connectivity index (χ0) is 20.5. The van der Waals surface area contributed by atoms with Crippen molar-refractivity contribution >= 4 is 11.6 Å². The fourth-order valence-corrected chi connectivity index (χ4v) is 4.66. The lowest BCUT2D eigenvalue weighted by Crippen LogP contribution is -2.19. The number of carbonyl (C=O) groups excluding carboxylic acids is 1. The fraction of sp³-hybridized carbons (Fsp3) is 0.360. The van der Waals surface area contributed by atoms with Gasteiger partial charge in [0, 0.05) is 23.5 Å². The first-order valence-corrected chi connectivity index (χ1v) is 11.0. The third-order valence-corrected chi connectivity index (χ3v) is 6.21. The number of likely N-dealkylation sites (tertiary alicyclic amines) is 1. The molecule has 1 amide bonds. The second-order valence-electron chi connectivity index (χ2n) is 8.51. The van der Waals surface area contributed by atoms with Crippen molar-refractivity contribution in [1.29, 1.82) is 0 Å². The Morgan fingerprint density at radius 2 is 1.83 bits per heavy atom. The first-order chi connectivity index (χ1) is 14.7. The van der Waals surface area contributed by atoms with Crippen molar-refractivity contribution in [2.24, 2.45) is 0 Å². The predicted octanol–water partition coefficient (Wildman–Crippen LogP) is 4.52. The highest BCUT2D eigenvalue weighted by molar-refractivity contribution is 6.04. The average molecular weight is 401 g/mol. The van der Waals surface area contributed by atoms with Crippen molar-refractivity contribution < 1.29 is 4.79 Å². The molecule has 1 fully saturated rings. The quantitative estimate of drug-likeness (QED) is 0.685. The van der Waals surface area contributed by atoms with Crippen molar-refractivity contribution in [3.05, 3.63) is 76.6 Å². The van der Waals surface area contributed by atoms with E-state index in [-0.39, 0.29) is 5.91 Å². The molecule has 0 saturated carbocycles. The summed E-state index contributed by atoms with van der Waals surface area (Å²) < 4.78 is 1.96. The number of hydrogen-bond donors (Lipinski definition) is 1. The van der Waals surface area contributed by atoms with Gasteiger partial charge >= 0.3 is 0 Å². The number of nitrogens with zero attached hydrogens (tertiary/aromatic N) is 3. The zero-order valence-electron chi connectivity index (χ0n) is 17.5. The van der Waals surface area contributed by atoms with Crippen molar-refractivity contribution in [2.45, 2.75) is 45.6 Å². The summed E-state index contributed by atoms with van der Waals surface area (Å²) in [5.74, 6) is -0.114. The molecule has 0 atom stereocenters. The van der Waals surface area contributed by atoms with E-state index in [2.05, 4.69) is 53.5 Å². The second kappa shape index (κ2) is 8.07. The van der Waals surface area contributed by atoms with Crippen LogP contribution in [0.1, 0.15) is 52.1 Å². The van der Waals surface area contributed by atoms with Crippen LogP contribution in [0.25, 0.3) is 5.69 Å². The normalized spacial score (nSPS) is 16.0. The molecule has 5 rings (SSSR count). The lowest BCUT2D eigenvalue weighted by molar-refractivity contribution is 0.102. The number of carbonyl (C=O) groups is 1. The maximum atomic E-state index is 13.1. The summed E-state index contributed by atoms with van der Waals surface area (Å²) in [5, 5.41) is 7.82. The van der Waals surface area contributed by atoms with Crippen molar-refractivity contribution in [3.63, 3.8) is 0 Å². The number of nitrogens with one attached hydrogen (secondary N) is 1. The Labute approximate surface area is 177 Å². The number of amides is 1. The van der Waals surface area contributed by atoms with E-state index in [1.807, 2.05) is 16.8 Å². The maximum Gasteiger partial charge on any atom is 0.276 e.